The van der Waals surface area contributed by atoms with Gasteiger partial charge in [0.05, 0.1) is 11.6 Å². The molecule has 1 rings (SSSR count). The molecule has 7 heteroatoms. The number of carbonyl (C=O) groups is 1. The molecule has 0 spiro atoms. The van der Waals surface area contributed by atoms with E-state index in [1.807, 2.05) is 0 Å². The molecule has 0 heterocycles. The van der Waals surface area contributed by atoms with E-state index in [4.69, 9.17) is 22.5 Å². The van der Waals surface area contributed by atoms with Crippen LogP contribution in [0.15, 0.2) is 23.4 Å². The number of nitrogens with zero attached hydrogens (tertiary/aromatic N) is 1. The van der Waals surface area contributed by atoms with E-state index in [2.05, 4.69) is 10.5 Å². The topological polar surface area (TPSA) is 87.7 Å². The molecule has 98 valence electrons. The van der Waals surface area contributed by atoms with E-state index in [0.717, 1.165) is 6.07 Å². The van der Waals surface area contributed by atoms with Gasteiger partial charge in [0.1, 0.15) is 5.82 Å². The highest BCUT2D eigenvalue weighted by molar-refractivity contribution is 6.30. The fourth-order valence-electron chi connectivity index (χ4n) is 1.41. The molecule has 5 nitrogen and oxygen atoms in total. The molecule has 1 unspecified atom stereocenters. The van der Waals surface area contributed by atoms with Crippen molar-refractivity contribution in [2.75, 3.05) is 5.32 Å². The van der Waals surface area contributed by atoms with E-state index >= 15 is 0 Å². The average Bonchev–Trinajstić information content (AvgIpc) is 2.33. The number of halogens is 2. The summed E-state index contributed by atoms with van der Waals surface area (Å²) in [5.74, 6) is -2.23. The van der Waals surface area contributed by atoms with Crippen molar-refractivity contribution >= 4 is 29.0 Å². The van der Waals surface area contributed by atoms with Crippen molar-refractivity contribution in [3.8, 4) is 0 Å². The molecule has 0 aliphatic rings. The summed E-state index contributed by atoms with van der Waals surface area (Å²) in [6.07, 6.45) is 0.330. The summed E-state index contributed by atoms with van der Waals surface area (Å²) in [7, 11) is 0. The van der Waals surface area contributed by atoms with Crippen molar-refractivity contribution < 1.29 is 14.4 Å². The number of rotatable bonds is 4. The fraction of sp³-hybridized carbons (Fsp3) is 0.273. The minimum absolute atomic E-state index is 0.00594. The zero-order chi connectivity index (χ0) is 13.7. The number of hydrogen-bond acceptors (Lipinski definition) is 3. The maximum absolute atomic E-state index is 13.5. The summed E-state index contributed by atoms with van der Waals surface area (Å²) in [5.41, 5.74) is 5.36. The van der Waals surface area contributed by atoms with E-state index in [0.29, 0.717) is 6.42 Å². The van der Waals surface area contributed by atoms with Crippen LogP contribution in [0.2, 0.25) is 5.02 Å². The molecule has 0 aromatic heterocycles. The normalized spacial score (nSPS) is 13.2. The summed E-state index contributed by atoms with van der Waals surface area (Å²) in [6.45, 7) is 1.69. The third-order valence-electron chi connectivity index (χ3n) is 2.39. The van der Waals surface area contributed by atoms with Crippen LogP contribution in [0.1, 0.15) is 13.3 Å². The molecule has 0 saturated heterocycles. The summed E-state index contributed by atoms with van der Waals surface area (Å²) in [4.78, 5) is 11.8. The molecule has 0 aliphatic carbocycles. The second-order valence-electron chi connectivity index (χ2n) is 3.60. The van der Waals surface area contributed by atoms with Gasteiger partial charge in [0.25, 0.3) is 0 Å². The predicted molar refractivity (Wildman–Crippen MR) is 67.2 cm³/mol. The molecular formula is C11H13ClFN3O2. The number of amidine groups is 1. The zero-order valence-corrected chi connectivity index (χ0v) is 10.4. The van der Waals surface area contributed by atoms with E-state index in [-0.39, 0.29) is 16.5 Å². The van der Waals surface area contributed by atoms with E-state index in [9.17, 15) is 9.18 Å². The lowest BCUT2D eigenvalue weighted by atomic mass is 10.0. The third-order valence-corrected chi connectivity index (χ3v) is 2.62. The Morgan fingerprint density at radius 2 is 2.33 bits per heavy atom. The molecule has 1 amide bonds. The molecule has 1 aromatic carbocycles. The SMILES string of the molecule is CCC(C(=O)Nc1ccc(Cl)cc1F)C(N)=NO. The van der Waals surface area contributed by atoms with Crippen LogP contribution < -0.4 is 11.1 Å². The first kappa shape index (κ1) is 14.2. The van der Waals surface area contributed by atoms with Crippen molar-refractivity contribution in [3.63, 3.8) is 0 Å². The second-order valence-corrected chi connectivity index (χ2v) is 4.04. The van der Waals surface area contributed by atoms with Gasteiger partial charge in [-0.3, -0.25) is 4.79 Å². The Hall–Kier alpha value is -1.82. The number of nitrogens with two attached hydrogens (primary N) is 1. The van der Waals surface area contributed by atoms with Crippen LogP contribution in [0.4, 0.5) is 10.1 Å². The fourth-order valence-corrected chi connectivity index (χ4v) is 1.57. The molecule has 0 aliphatic heterocycles. The Morgan fingerprint density at radius 1 is 1.67 bits per heavy atom. The molecular weight excluding hydrogens is 261 g/mol. The van der Waals surface area contributed by atoms with Crippen molar-refractivity contribution in [1.82, 2.24) is 0 Å². The minimum atomic E-state index is -0.815. The Balaban J connectivity index is 2.86. The lowest BCUT2D eigenvalue weighted by Crippen LogP contribution is -2.34. The summed E-state index contributed by atoms with van der Waals surface area (Å²) < 4.78 is 13.5. The second kappa shape index (κ2) is 6.20. The van der Waals surface area contributed by atoms with Crippen LogP contribution in [0.25, 0.3) is 0 Å². The van der Waals surface area contributed by atoms with Crippen molar-refractivity contribution in [2.24, 2.45) is 16.8 Å². The Kier molecular flexibility index (Phi) is 4.91. The molecule has 1 aromatic rings. The minimum Gasteiger partial charge on any atom is -0.409 e. The number of nitrogens with one attached hydrogen (secondary N) is 1. The third kappa shape index (κ3) is 3.33. The summed E-state index contributed by atoms with van der Waals surface area (Å²) in [6, 6.07) is 3.88. The van der Waals surface area contributed by atoms with Gasteiger partial charge in [-0.25, -0.2) is 4.39 Å². The first-order valence-corrected chi connectivity index (χ1v) is 5.60. The van der Waals surface area contributed by atoms with E-state index in [1.54, 1.807) is 6.92 Å². The monoisotopic (exact) mass is 273 g/mol. The highest BCUT2D eigenvalue weighted by Crippen LogP contribution is 2.19. The Labute approximate surface area is 108 Å². The van der Waals surface area contributed by atoms with Crippen LogP contribution in [0.3, 0.4) is 0 Å². The quantitative estimate of drug-likeness (QED) is 0.340. The number of oxime groups is 1. The van der Waals surface area contributed by atoms with Gasteiger partial charge < -0.3 is 16.3 Å². The maximum atomic E-state index is 13.5. The Bertz CT molecular complexity index is 479. The van der Waals surface area contributed by atoms with Crippen LogP contribution in [-0.4, -0.2) is 17.0 Å². The lowest BCUT2D eigenvalue weighted by Gasteiger charge is -2.13. The molecule has 0 fully saturated rings. The number of hydrogen-bond donors (Lipinski definition) is 3. The van der Waals surface area contributed by atoms with Gasteiger partial charge in [-0.1, -0.05) is 23.7 Å². The van der Waals surface area contributed by atoms with Crippen LogP contribution in [0.5, 0.6) is 0 Å². The van der Waals surface area contributed by atoms with Gasteiger partial charge in [-0.15, -0.1) is 0 Å². The molecule has 18 heavy (non-hydrogen) atoms. The van der Waals surface area contributed by atoms with Crippen LogP contribution in [0, 0.1) is 11.7 Å². The summed E-state index contributed by atoms with van der Waals surface area (Å²) in [5, 5.41) is 13.9. The molecule has 1 atom stereocenters. The molecule has 0 bridgehead atoms. The largest absolute Gasteiger partial charge is 0.409 e. The van der Waals surface area contributed by atoms with Gasteiger partial charge in [-0.2, -0.15) is 0 Å². The average molecular weight is 274 g/mol. The van der Waals surface area contributed by atoms with Gasteiger partial charge in [0, 0.05) is 5.02 Å². The highest BCUT2D eigenvalue weighted by atomic mass is 35.5. The number of anilines is 1. The molecule has 0 radical (unpaired) electrons. The maximum Gasteiger partial charge on any atom is 0.235 e. The predicted octanol–water partition coefficient (Wildman–Crippen LogP) is 2.19. The lowest BCUT2D eigenvalue weighted by molar-refractivity contribution is -0.118. The first-order chi connectivity index (χ1) is 8.49. The number of carbonyl (C=O) groups excluding carboxylic acids is 1. The van der Waals surface area contributed by atoms with E-state index < -0.39 is 17.6 Å². The van der Waals surface area contributed by atoms with Crippen molar-refractivity contribution in [3.05, 3.63) is 29.0 Å². The van der Waals surface area contributed by atoms with Gasteiger partial charge >= 0.3 is 0 Å². The van der Waals surface area contributed by atoms with Gasteiger partial charge in [0.2, 0.25) is 5.91 Å². The number of benzene rings is 1. The number of amides is 1. The van der Waals surface area contributed by atoms with Crippen LogP contribution in [-0.2, 0) is 4.79 Å². The smallest absolute Gasteiger partial charge is 0.235 e. The van der Waals surface area contributed by atoms with Gasteiger partial charge in [0.15, 0.2) is 5.84 Å². The van der Waals surface area contributed by atoms with E-state index in [1.165, 1.54) is 12.1 Å². The standard InChI is InChI=1S/C11H13ClFN3O2/c1-2-7(10(14)16-18)11(17)15-9-4-3-6(12)5-8(9)13/h3-5,7,18H,2H2,1H3,(H2,14,16)(H,15,17). The summed E-state index contributed by atoms with van der Waals surface area (Å²) >= 11 is 5.59. The highest BCUT2D eigenvalue weighted by Gasteiger charge is 2.22. The van der Waals surface area contributed by atoms with Gasteiger partial charge in [-0.05, 0) is 24.6 Å². The molecule has 4 N–H and O–H groups in total. The molecule has 0 saturated carbocycles. The zero-order valence-electron chi connectivity index (χ0n) is 9.65. The van der Waals surface area contributed by atoms with Crippen LogP contribution >= 0.6 is 11.6 Å². The van der Waals surface area contributed by atoms with Crippen molar-refractivity contribution in [1.29, 1.82) is 0 Å². The first-order valence-electron chi connectivity index (χ1n) is 5.23. The van der Waals surface area contributed by atoms with Crippen molar-refractivity contribution in [2.45, 2.75) is 13.3 Å². The Morgan fingerprint density at radius 3 is 2.83 bits per heavy atom.